The molecule has 136 valence electrons. The van der Waals surface area contributed by atoms with Gasteiger partial charge in [-0.1, -0.05) is 30.3 Å². The second-order valence-corrected chi connectivity index (χ2v) is 5.42. The molecule has 26 heavy (non-hydrogen) atoms. The minimum absolute atomic E-state index is 0.288. The summed E-state index contributed by atoms with van der Waals surface area (Å²) in [5, 5.41) is 6.41. The van der Waals surface area contributed by atoms with Crippen molar-refractivity contribution in [1.29, 1.82) is 0 Å². The molecule has 0 aliphatic rings. The van der Waals surface area contributed by atoms with E-state index in [0.29, 0.717) is 17.1 Å². The summed E-state index contributed by atoms with van der Waals surface area (Å²) in [6, 6.07) is 14.2. The predicted octanol–water partition coefficient (Wildman–Crippen LogP) is 2.03. The van der Waals surface area contributed by atoms with Gasteiger partial charge in [0, 0.05) is 0 Å². The molecule has 1 atom stereocenters. The first-order valence-electron chi connectivity index (χ1n) is 7.96. The van der Waals surface area contributed by atoms with Crippen LogP contribution in [0.5, 0.6) is 11.5 Å². The Balaban J connectivity index is 1.91. The first-order chi connectivity index (χ1) is 12.5. The van der Waals surface area contributed by atoms with Crippen molar-refractivity contribution < 1.29 is 19.1 Å². The molecule has 2 amide bonds. The molecule has 2 aromatic rings. The van der Waals surface area contributed by atoms with Gasteiger partial charge < -0.3 is 14.8 Å². The van der Waals surface area contributed by atoms with Crippen molar-refractivity contribution in [2.45, 2.75) is 13.0 Å². The molecule has 0 aromatic heterocycles. The Morgan fingerprint density at radius 3 is 2.35 bits per heavy atom. The number of methoxy groups -OCH3 is 2. The van der Waals surface area contributed by atoms with Gasteiger partial charge in [0.2, 0.25) is 0 Å². The largest absolute Gasteiger partial charge is 0.493 e. The molecule has 0 fully saturated rings. The van der Waals surface area contributed by atoms with E-state index in [-0.39, 0.29) is 6.04 Å². The third kappa shape index (κ3) is 5.07. The number of nitrogens with one attached hydrogen (secondary N) is 2. The number of rotatable bonds is 6. The Morgan fingerprint density at radius 1 is 1.00 bits per heavy atom. The molecule has 0 unspecified atom stereocenters. The van der Waals surface area contributed by atoms with Gasteiger partial charge in [0.25, 0.3) is 0 Å². The molecule has 0 heterocycles. The number of ether oxygens (including phenoxy) is 2. The quantitative estimate of drug-likeness (QED) is 0.471. The van der Waals surface area contributed by atoms with Crippen LogP contribution in [0.3, 0.4) is 0 Å². The van der Waals surface area contributed by atoms with E-state index in [2.05, 4.69) is 15.8 Å². The van der Waals surface area contributed by atoms with Crippen molar-refractivity contribution in [3.05, 3.63) is 59.7 Å². The number of carbonyl (C=O) groups is 2. The highest BCUT2D eigenvalue weighted by atomic mass is 16.5. The van der Waals surface area contributed by atoms with Crippen molar-refractivity contribution in [1.82, 2.24) is 10.7 Å². The van der Waals surface area contributed by atoms with Crippen molar-refractivity contribution in [3.63, 3.8) is 0 Å². The van der Waals surface area contributed by atoms with Gasteiger partial charge >= 0.3 is 11.8 Å². The van der Waals surface area contributed by atoms with Crippen LogP contribution in [0.4, 0.5) is 0 Å². The van der Waals surface area contributed by atoms with Crippen LogP contribution >= 0.6 is 0 Å². The summed E-state index contributed by atoms with van der Waals surface area (Å²) >= 11 is 0. The Hall–Kier alpha value is -3.35. The van der Waals surface area contributed by atoms with Crippen molar-refractivity contribution >= 4 is 18.0 Å². The van der Waals surface area contributed by atoms with Gasteiger partial charge in [0.15, 0.2) is 11.5 Å². The van der Waals surface area contributed by atoms with Crippen molar-refractivity contribution in [2.24, 2.45) is 5.10 Å². The van der Waals surface area contributed by atoms with Crippen LogP contribution in [0.2, 0.25) is 0 Å². The fourth-order valence-electron chi connectivity index (χ4n) is 2.24. The van der Waals surface area contributed by atoms with E-state index in [1.165, 1.54) is 13.3 Å². The van der Waals surface area contributed by atoms with Crippen LogP contribution in [0.1, 0.15) is 24.1 Å². The van der Waals surface area contributed by atoms with Gasteiger partial charge in [-0.25, -0.2) is 5.43 Å². The molecule has 2 N–H and O–H groups in total. The first kappa shape index (κ1) is 19.0. The van der Waals surface area contributed by atoms with Gasteiger partial charge in [-0.05, 0) is 36.2 Å². The van der Waals surface area contributed by atoms with E-state index in [1.807, 2.05) is 30.3 Å². The maximum atomic E-state index is 11.9. The Bertz CT molecular complexity index is 791. The third-order valence-electron chi connectivity index (χ3n) is 3.64. The first-order valence-corrected chi connectivity index (χ1v) is 7.96. The molecule has 2 rings (SSSR count). The van der Waals surface area contributed by atoms with E-state index in [1.54, 1.807) is 32.2 Å². The molecule has 0 saturated heterocycles. The Labute approximate surface area is 152 Å². The monoisotopic (exact) mass is 355 g/mol. The zero-order chi connectivity index (χ0) is 18.9. The highest BCUT2D eigenvalue weighted by Gasteiger charge is 2.16. The van der Waals surface area contributed by atoms with Crippen LogP contribution in [-0.2, 0) is 9.59 Å². The zero-order valence-electron chi connectivity index (χ0n) is 14.9. The predicted molar refractivity (Wildman–Crippen MR) is 98.3 cm³/mol. The number of amides is 2. The van der Waals surface area contributed by atoms with Crippen LogP contribution in [0.25, 0.3) is 0 Å². The molecule has 7 heteroatoms. The lowest BCUT2D eigenvalue weighted by Gasteiger charge is -2.13. The Morgan fingerprint density at radius 2 is 1.69 bits per heavy atom. The van der Waals surface area contributed by atoms with Crippen LogP contribution in [0.15, 0.2) is 53.6 Å². The van der Waals surface area contributed by atoms with Crippen LogP contribution < -0.4 is 20.2 Å². The molecule has 0 aliphatic carbocycles. The van der Waals surface area contributed by atoms with E-state index in [9.17, 15) is 9.59 Å². The smallest absolute Gasteiger partial charge is 0.329 e. The lowest BCUT2D eigenvalue weighted by Crippen LogP contribution is -2.39. The molecular weight excluding hydrogens is 334 g/mol. The van der Waals surface area contributed by atoms with Gasteiger partial charge in [-0.2, -0.15) is 5.10 Å². The van der Waals surface area contributed by atoms with Gasteiger partial charge in [0.05, 0.1) is 26.5 Å². The van der Waals surface area contributed by atoms with E-state index in [0.717, 1.165) is 5.56 Å². The maximum absolute atomic E-state index is 11.9. The molecule has 0 bridgehead atoms. The number of benzene rings is 2. The van der Waals surface area contributed by atoms with E-state index >= 15 is 0 Å². The summed E-state index contributed by atoms with van der Waals surface area (Å²) in [6.07, 6.45) is 1.41. The number of hydrazone groups is 1. The lowest BCUT2D eigenvalue weighted by molar-refractivity contribution is -0.139. The van der Waals surface area contributed by atoms with Gasteiger partial charge in [-0.15, -0.1) is 0 Å². The topological polar surface area (TPSA) is 89.0 Å². The molecule has 0 saturated carbocycles. The minimum Gasteiger partial charge on any atom is -0.493 e. The standard InChI is InChI=1S/C19H21N3O4/c1-13(15-7-5-4-6-8-15)21-18(23)19(24)22-20-12-14-9-10-16(25-2)17(11-14)26-3/h4-13H,1-3H3,(H,21,23)(H,22,24)/b20-12-/t13-/m0/s1. The molecular formula is C19H21N3O4. The number of hydrogen-bond acceptors (Lipinski definition) is 5. The number of carbonyl (C=O) groups excluding carboxylic acids is 2. The van der Waals surface area contributed by atoms with E-state index in [4.69, 9.17) is 9.47 Å². The van der Waals surface area contributed by atoms with E-state index < -0.39 is 11.8 Å². The Kier molecular flexibility index (Phi) is 6.73. The fourth-order valence-corrected chi connectivity index (χ4v) is 2.24. The molecule has 0 radical (unpaired) electrons. The number of hydrogen-bond donors (Lipinski definition) is 2. The maximum Gasteiger partial charge on any atom is 0.329 e. The minimum atomic E-state index is -0.843. The second kappa shape index (κ2) is 9.22. The second-order valence-electron chi connectivity index (χ2n) is 5.42. The molecule has 7 nitrogen and oxygen atoms in total. The summed E-state index contributed by atoms with van der Waals surface area (Å²) in [5.74, 6) is -0.476. The highest BCUT2D eigenvalue weighted by molar-refractivity contribution is 6.35. The summed E-state index contributed by atoms with van der Waals surface area (Å²) in [7, 11) is 3.07. The van der Waals surface area contributed by atoms with Crippen molar-refractivity contribution in [3.8, 4) is 11.5 Å². The average molecular weight is 355 g/mol. The third-order valence-corrected chi connectivity index (χ3v) is 3.64. The van der Waals surface area contributed by atoms with Gasteiger partial charge in [-0.3, -0.25) is 9.59 Å². The fraction of sp³-hybridized carbons (Fsp3) is 0.211. The summed E-state index contributed by atoms with van der Waals surface area (Å²) in [4.78, 5) is 23.8. The van der Waals surface area contributed by atoms with Crippen LogP contribution in [0, 0.1) is 0 Å². The SMILES string of the molecule is COc1ccc(/C=N\NC(=O)C(=O)N[C@@H](C)c2ccccc2)cc1OC. The molecule has 2 aromatic carbocycles. The summed E-state index contributed by atoms with van der Waals surface area (Å²) < 4.78 is 10.3. The van der Waals surface area contributed by atoms with Crippen molar-refractivity contribution in [2.75, 3.05) is 14.2 Å². The van der Waals surface area contributed by atoms with Crippen LogP contribution in [-0.4, -0.2) is 32.2 Å². The summed E-state index contributed by atoms with van der Waals surface area (Å²) in [5.41, 5.74) is 3.79. The summed E-state index contributed by atoms with van der Waals surface area (Å²) in [6.45, 7) is 1.80. The zero-order valence-corrected chi connectivity index (χ0v) is 14.9. The molecule has 0 spiro atoms. The number of nitrogens with zero attached hydrogens (tertiary/aromatic N) is 1. The normalized spacial score (nSPS) is 11.7. The van der Waals surface area contributed by atoms with Gasteiger partial charge in [0.1, 0.15) is 0 Å². The molecule has 0 aliphatic heterocycles. The average Bonchev–Trinajstić information content (AvgIpc) is 2.68. The lowest BCUT2D eigenvalue weighted by atomic mass is 10.1. The highest BCUT2D eigenvalue weighted by Crippen LogP contribution is 2.26.